The average Bonchev–Trinajstić information content (AvgIpc) is 2.50. The second-order valence-electron chi connectivity index (χ2n) is 4.22. The van der Waals surface area contributed by atoms with Gasteiger partial charge in [0.1, 0.15) is 6.61 Å². The third-order valence-corrected chi connectivity index (χ3v) is 3.12. The third-order valence-electron chi connectivity index (χ3n) is 2.83. The first-order valence-corrected chi connectivity index (χ1v) is 7.02. The SMILES string of the molecule is COCCOCCOc1cc(CCl)c2ccccc2n1. The van der Waals surface area contributed by atoms with Crippen molar-refractivity contribution in [2.24, 2.45) is 0 Å². The Bertz CT molecular complexity index is 548. The molecular weight excluding hydrogens is 278 g/mol. The van der Waals surface area contributed by atoms with Gasteiger partial charge in [-0.25, -0.2) is 4.98 Å². The smallest absolute Gasteiger partial charge is 0.214 e. The number of para-hydroxylation sites is 1. The molecule has 2 aromatic rings. The molecule has 20 heavy (non-hydrogen) atoms. The van der Waals surface area contributed by atoms with Crippen LogP contribution >= 0.6 is 11.6 Å². The highest BCUT2D eigenvalue weighted by molar-refractivity contribution is 6.18. The molecule has 4 nitrogen and oxygen atoms in total. The summed E-state index contributed by atoms with van der Waals surface area (Å²) in [7, 11) is 1.65. The lowest BCUT2D eigenvalue weighted by Gasteiger charge is -2.09. The maximum atomic E-state index is 5.97. The molecule has 0 unspecified atom stereocenters. The number of hydrogen-bond donors (Lipinski definition) is 0. The van der Waals surface area contributed by atoms with Crippen molar-refractivity contribution in [3.05, 3.63) is 35.9 Å². The van der Waals surface area contributed by atoms with Gasteiger partial charge in [-0.1, -0.05) is 18.2 Å². The van der Waals surface area contributed by atoms with Crippen LogP contribution in [-0.2, 0) is 15.4 Å². The van der Waals surface area contributed by atoms with E-state index in [1.807, 2.05) is 30.3 Å². The minimum atomic E-state index is 0.434. The predicted molar refractivity (Wildman–Crippen MR) is 79.5 cm³/mol. The largest absolute Gasteiger partial charge is 0.475 e. The number of alkyl halides is 1. The number of benzene rings is 1. The van der Waals surface area contributed by atoms with E-state index in [1.165, 1.54) is 0 Å². The first-order valence-electron chi connectivity index (χ1n) is 6.49. The Morgan fingerprint density at radius 1 is 1.10 bits per heavy atom. The molecule has 0 N–H and O–H groups in total. The standard InChI is InChI=1S/C15H18ClNO3/c1-18-6-7-19-8-9-20-15-10-12(11-16)13-4-2-3-5-14(13)17-15/h2-5,10H,6-9,11H2,1H3. The second-order valence-corrected chi connectivity index (χ2v) is 4.49. The highest BCUT2D eigenvalue weighted by atomic mass is 35.5. The number of rotatable bonds is 8. The molecule has 0 radical (unpaired) electrons. The average molecular weight is 296 g/mol. The molecule has 0 saturated heterocycles. The molecule has 0 aliphatic heterocycles. The first kappa shape index (κ1) is 15.0. The van der Waals surface area contributed by atoms with Crippen LogP contribution in [-0.4, -0.2) is 38.5 Å². The molecule has 0 aliphatic carbocycles. The fraction of sp³-hybridized carbons (Fsp3) is 0.400. The van der Waals surface area contributed by atoms with Crippen molar-refractivity contribution < 1.29 is 14.2 Å². The Labute approximate surface area is 123 Å². The van der Waals surface area contributed by atoms with Gasteiger partial charge in [-0.15, -0.1) is 11.6 Å². The summed E-state index contributed by atoms with van der Waals surface area (Å²) in [6, 6.07) is 9.77. The van der Waals surface area contributed by atoms with Crippen molar-refractivity contribution in [1.82, 2.24) is 4.98 Å². The number of fused-ring (bicyclic) bond motifs is 1. The summed E-state index contributed by atoms with van der Waals surface area (Å²) in [6.45, 7) is 2.12. The van der Waals surface area contributed by atoms with E-state index in [4.69, 9.17) is 25.8 Å². The molecule has 0 bridgehead atoms. The zero-order valence-electron chi connectivity index (χ0n) is 11.5. The fourth-order valence-corrected chi connectivity index (χ4v) is 2.08. The minimum Gasteiger partial charge on any atom is -0.475 e. The van der Waals surface area contributed by atoms with Gasteiger partial charge < -0.3 is 14.2 Å². The van der Waals surface area contributed by atoms with Gasteiger partial charge in [-0.3, -0.25) is 0 Å². The molecule has 5 heteroatoms. The first-order chi connectivity index (χ1) is 9.85. The lowest BCUT2D eigenvalue weighted by atomic mass is 10.1. The number of methoxy groups -OCH3 is 1. The Hall–Kier alpha value is -1.36. The Morgan fingerprint density at radius 2 is 1.90 bits per heavy atom. The van der Waals surface area contributed by atoms with Crippen molar-refractivity contribution in [3.63, 3.8) is 0 Å². The van der Waals surface area contributed by atoms with Crippen molar-refractivity contribution in [1.29, 1.82) is 0 Å². The molecule has 1 aromatic carbocycles. The van der Waals surface area contributed by atoms with Crippen LogP contribution in [0.2, 0.25) is 0 Å². The number of halogens is 1. The number of aromatic nitrogens is 1. The van der Waals surface area contributed by atoms with Gasteiger partial charge in [0.05, 0.1) is 25.3 Å². The molecule has 1 heterocycles. The molecule has 108 valence electrons. The van der Waals surface area contributed by atoms with E-state index in [2.05, 4.69) is 4.98 Å². The molecule has 0 aliphatic rings. The van der Waals surface area contributed by atoms with Gasteiger partial charge in [-0.05, 0) is 11.6 Å². The zero-order valence-corrected chi connectivity index (χ0v) is 12.2. The predicted octanol–water partition coefficient (Wildman–Crippen LogP) is 3.02. The van der Waals surface area contributed by atoms with Crippen LogP contribution in [0, 0.1) is 0 Å². The number of pyridine rings is 1. The number of nitrogens with zero attached hydrogens (tertiary/aromatic N) is 1. The summed E-state index contributed by atoms with van der Waals surface area (Å²) < 4.78 is 15.8. The van der Waals surface area contributed by atoms with Gasteiger partial charge in [0, 0.05) is 24.4 Å². The van der Waals surface area contributed by atoms with E-state index in [1.54, 1.807) is 7.11 Å². The molecule has 2 rings (SSSR count). The molecular formula is C15H18ClNO3. The molecule has 0 spiro atoms. The molecule has 1 aromatic heterocycles. The van der Waals surface area contributed by atoms with Crippen molar-refractivity contribution >= 4 is 22.5 Å². The third kappa shape index (κ3) is 4.07. The van der Waals surface area contributed by atoms with E-state index >= 15 is 0 Å². The Balaban J connectivity index is 1.96. The number of hydrogen-bond acceptors (Lipinski definition) is 4. The fourth-order valence-electron chi connectivity index (χ4n) is 1.85. The Morgan fingerprint density at radius 3 is 2.70 bits per heavy atom. The van der Waals surface area contributed by atoms with Crippen LogP contribution < -0.4 is 4.74 Å². The summed E-state index contributed by atoms with van der Waals surface area (Å²) in [6.07, 6.45) is 0. The zero-order chi connectivity index (χ0) is 14.2. The number of ether oxygens (including phenoxy) is 3. The molecule has 0 fully saturated rings. The van der Waals surface area contributed by atoms with Crippen molar-refractivity contribution in [2.45, 2.75) is 5.88 Å². The van der Waals surface area contributed by atoms with Crippen molar-refractivity contribution in [2.75, 3.05) is 33.5 Å². The quantitative estimate of drug-likeness (QED) is 0.554. The molecule has 0 atom stereocenters. The summed E-state index contributed by atoms with van der Waals surface area (Å²) >= 11 is 5.97. The normalized spacial score (nSPS) is 10.9. The molecule has 0 amide bonds. The van der Waals surface area contributed by atoms with Gasteiger partial charge in [0.25, 0.3) is 0 Å². The van der Waals surface area contributed by atoms with E-state index in [-0.39, 0.29) is 0 Å². The van der Waals surface area contributed by atoms with Gasteiger partial charge in [0.15, 0.2) is 0 Å². The molecule has 0 saturated carbocycles. The monoisotopic (exact) mass is 295 g/mol. The van der Waals surface area contributed by atoms with Crippen LogP contribution in [0.1, 0.15) is 5.56 Å². The van der Waals surface area contributed by atoms with Gasteiger partial charge in [-0.2, -0.15) is 0 Å². The van der Waals surface area contributed by atoms with Crippen LogP contribution in [0.4, 0.5) is 0 Å². The van der Waals surface area contributed by atoms with E-state index in [0.717, 1.165) is 16.5 Å². The van der Waals surface area contributed by atoms with Crippen LogP contribution in [0.3, 0.4) is 0 Å². The van der Waals surface area contributed by atoms with Crippen LogP contribution in [0.5, 0.6) is 5.88 Å². The minimum absolute atomic E-state index is 0.434. The Kier molecular flexibility index (Phi) is 6.05. The topological polar surface area (TPSA) is 40.6 Å². The summed E-state index contributed by atoms with van der Waals surface area (Å²) in [5, 5.41) is 1.06. The maximum absolute atomic E-state index is 5.97. The lowest BCUT2D eigenvalue weighted by Crippen LogP contribution is -2.10. The summed E-state index contributed by atoms with van der Waals surface area (Å²) in [5.74, 6) is 1.01. The van der Waals surface area contributed by atoms with Crippen LogP contribution in [0.25, 0.3) is 10.9 Å². The van der Waals surface area contributed by atoms with Gasteiger partial charge in [0.2, 0.25) is 5.88 Å². The summed E-state index contributed by atoms with van der Waals surface area (Å²) in [4.78, 5) is 4.46. The summed E-state index contributed by atoms with van der Waals surface area (Å²) in [5.41, 5.74) is 1.91. The highest BCUT2D eigenvalue weighted by Gasteiger charge is 2.05. The van der Waals surface area contributed by atoms with Crippen molar-refractivity contribution in [3.8, 4) is 5.88 Å². The van der Waals surface area contributed by atoms with Gasteiger partial charge >= 0.3 is 0 Å². The lowest BCUT2D eigenvalue weighted by molar-refractivity contribution is 0.0537. The van der Waals surface area contributed by atoms with E-state index in [0.29, 0.717) is 38.2 Å². The maximum Gasteiger partial charge on any atom is 0.214 e. The van der Waals surface area contributed by atoms with E-state index < -0.39 is 0 Å². The highest BCUT2D eigenvalue weighted by Crippen LogP contribution is 2.23. The second kappa shape index (κ2) is 8.04. The van der Waals surface area contributed by atoms with Crippen LogP contribution in [0.15, 0.2) is 30.3 Å². The van der Waals surface area contributed by atoms with E-state index in [9.17, 15) is 0 Å².